The molecule has 0 fully saturated rings. The molecular weight excluding hydrogens is 653 g/mol. The van der Waals surface area contributed by atoms with Crippen molar-refractivity contribution in [3.63, 3.8) is 0 Å². The van der Waals surface area contributed by atoms with Gasteiger partial charge in [-0.3, -0.25) is 19.3 Å². The van der Waals surface area contributed by atoms with Crippen LogP contribution >= 0.6 is 11.3 Å². The molecule has 1 aliphatic heterocycles. The zero-order chi connectivity index (χ0) is 35.4. The van der Waals surface area contributed by atoms with Crippen molar-refractivity contribution in [3.8, 4) is 5.75 Å². The number of nitrogens with zero attached hydrogens (tertiary/aromatic N) is 3. The minimum atomic E-state index is -0.427. The van der Waals surface area contributed by atoms with E-state index in [2.05, 4.69) is 20.5 Å². The zero-order valence-electron chi connectivity index (χ0n) is 28.1. The predicted molar refractivity (Wildman–Crippen MR) is 197 cm³/mol. The minimum Gasteiger partial charge on any atom is -0.486 e. The number of fused-ring (bicyclic) bond motifs is 2. The second kappa shape index (κ2) is 15.1. The van der Waals surface area contributed by atoms with Crippen molar-refractivity contribution in [2.24, 2.45) is 5.92 Å². The van der Waals surface area contributed by atoms with Crippen LogP contribution in [0.5, 0.6) is 5.75 Å². The molecule has 0 bridgehead atoms. The predicted octanol–water partition coefficient (Wildman–Crippen LogP) is 5.74. The van der Waals surface area contributed by atoms with Crippen LogP contribution in [0.2, 0.25) is 0 Å². The number of rotatable bonds is 10. The third-order valence-corrected chi connectivity index (χ3v) is 9.83. The summed E-state index contributed by atoms with van der Waals surface area (Å²) in [6.07, 6.45) is -0.387. The van der Waals surface area contributed by atoms with Gasteiger partial charge in [0.25, 0.3) is 17.7 Å². The third-order valence-electron chi connectivity index (χ3n) is 8.80. The molecule has 1 aromatic heterocycles. The molecule has 4 aromatic carbocycles. The van der Waals surface area contributed by atoms with Crippen molar-refractivity contribution in [2.45, 2.75) is 32.5 Å². The first-order valence-electron chi connectivity index (χ1n) is 16.4. The Bertz CT molecular complexity index is 1980. The van der Waals surface area contributed by atoms with Gasteiger partial charge in [-0.15, -0.1) is 11.3 Å². The fourth-order valence-electron chi connectivity index (χ4n) is 5.96. The standard InChI is InChI=1S/C38H40N6O5S/c1-23-19-44(24(2)22-45)38(48)27-9-8-13-31(41-36(47)37-42-30-12-6-7-14-33(30)50-37)34(27)49-32(23)21-43(3)20-25-15-17-26(18-16-25)35(46)40-29-11-5-4-10-28(29)39/h4-18,23-24,32,45H,19-22,39H2,1-3H3,(H,40,46)(H,41,47)/t23-,24+,32-/m0/s1. The molecule has 0 saturated heterocycles. The van der Waals surface area contributed by atoms with Crippen molar-refractivity contribution in [1.29, 1.82) is 0 Å². The Morgan fingerprint density at radius 1 is 1.00 bits per heavy atom. The number of anilines is 3. The second-order valence-electron chi connectivity index (χ2n) is 12.7. The van der Waals surface area contributed by atoms with Crippen molar-refractivity contribution < 1.29 is 24.2 Å². The van der Waals surface area contributed by atoms with Crippen LogP contribution in [-0.4, -0.2) is 76.5 Å². The summed E-state index contributed by atoms with van der Waals surface area (Å²) in [5, 5.41) is 16.1. The van der Waals surface area contributed by atoms with Gasteiger partial charge < -0.3 is 31.1 Å². The summed E-state index contributed by atoms with van der Waals surface area (Å²) in [5.41, 5.74) is 9.94. The van der Waals surface area contributed by atoms with Crippen molar-refractivity contribution in [2.75, 3.05) is 43.1 Å². The number of aliphatic hydroxyl groups excluding tert-OH is 1. The van der Waals surface area contributed by atoms with E-state index >= 15 is 0 Å². The van der Waals surface area contributed by atoms with Crippen molar-refractivity contribution >= 4 is 56.3 Å². The lowest BCUT2D eigenvalue weighted by molar-refractivity contribution is 0.0343. The van der Waals surface area contributed by atoms with Crippen LogP contribution in [0.15, 0.2) is 91.0 Å². The summed E-state index contributed by atoms with van der Waals surface area (Å²) < 4.78 is 7.58. The number of hydrogen-bond acceptors (Lipinski definition) is 9. The van der Waals surface area contributed by atoms with Gasteiger partial charge >= 0.3 is 0 Å². The van der Waals surface area contributed by atoms with Crippen LogP contribution in [0.1, 0.15) is 49.9 Å². The topological polar surface area (TPSA) is 150 Å². The number of nitrogens with one attached hydrogen (secondary N) is 2. The molecule has 5 N–H and O–H groups in total. The van der Waals surface area contributed by atoms with Crippen LogP contribution in [-0.2, 0) is 6.54 Å². The molecule has 6 rings (SSSR count). The number of thiazole rings is 1. The third kappa shape index (κ3) is 7.62. The molecule has 50 heavy (non-hydrogen) atoms. The van der Waals surface area contributed by atoms with E-state index in [1.807, 2.05) is 69.4 Å². The van der Waals surface area contributed by atoms with Gasteiger partial charge in [-0.1, -0.05) is 49.4 Å². The fraction of sp³-hybridized carbons (Fsp3) is 0.263. The van der Waals surface area contributed by atoms with Crippen molar-refractivity contribution in [1.82, 2.24) is 14.8 Å². The highest BCUT2D eigenvalue weighted by Crippen LogP contribution is 2.36. The normalized spacial score (nSPS) is 16.7. The molecule has 11 nitrogen and oxygen atoms in total. The molecule has 5 aromatic rings. The number of hydrogen-bond donors (Lipinski definition) is 4. The average molecular weight is 693 g/mol. The first kappa shape index (κ1) is 34.6. The van der Waals surface area contributed by atoms with E-state index in [-0.39, 0.29) is 36.2 Å². The second-order valence-corrected chi connectivity index (χ2v) is 13.7. The number of carbonyl (C=O) groups is 3. The maximum absolute atomic E-state index is 13.9. The highest BCUT2D eigenvalue weighted by molar-refractivity contribution is 7.20. The number of likely N-dealkylation sites (N-methyl/N-ethyl adjacent to an activating group) is 1. The Kier molecular flexibility index (Phi) is 10.4. The van der Waals surface area contributed by atoms with E-state index in [0.717, 1.165) is 15.8 Å². The number of nitrogens with two attached hydrogens (primary N) is 1. The Labute approximate surface area is 294 Å². The van der Waals surface area contributed by atoms with Gasteiger partial charge in [-0.2, -0.15) is 0 Å². The molecule has 0 radical (unpaired) electrons. The van der Waals surface area contributed by atoms with Gasteiger partial charge in [0.15, 0.2) is 10.8 Å². The summed E-state index contributed by atoms with van der Waals surface area (Å²) in [7, 11) is 1.98. The largest absolute Gasteiger partial charge is 0.486 e. The number of carbonyl (C=O) groups excluding carboxylic acids is 3. The number of ether oxygens (including phenoxy) is 1. The number of benzene rings is 4. The molecule has 3 amide bonds. The lowest BCUT2D eigenvalue weighted by atomic mass is 9.98. The molecule has 12 heteroatoms. The van der Waals surface area contributed by atoms with E-state index in [1.54, 1.807) is 47.4 Å². The summed E-state index contributed by atoms with van der Waals surface area (Å²) >= 11 is 1.29. The van der Waals surface area contributed by atoms with Gasteiger partial charge in [-0.05, 0) is 68.1 Å². The lowest BCUT2D eigenvalue weighted by Crippen LogP contribution is -2.49. The Morgan fingerprint density at radius 2 is 1.70 bits per heavy atom. The van der Waals surface area contributed by atoms with Gasteiger partial charge in [-0.25, -0.2) is 4.98 Å². The van der Waals surface area contributed by atoms with E-state index in [4.69, 9.17) is 10.5 Å². The molecule has 2 heterocycles. The molecule has 0 unspecified atom stereocenters. The van der Waals surface area contributed by atoms with Gasteiger partial charge in [0.05, 0.1) is 45.5 Å². The molecule has 258 valence electrons. The smallest absolute Gasteiger partial charge is 0.284 e. The Balaban J connectivity index is 1.21. The van der Waals surface area contributed by atoms with E-state index < -0.39 is 11.9 Å². The lowest BCUT2D eigenvalue weighted by Gasteiger charge is -2.38. The number of para-hydroxylation sites is 4. The number of aromatic nitrogens is 1. The monoisotopic (exact) mass is 692 g/mol. The molecular formula is C38H40N6O5S. The molecule has 0 spiro atoms. The van der Waals surface area contributed by atoms with Crippen LogP contribution in [0.3, 0.4) is 0 Å². The maximum atomic E-state index is 13.9. The summed E-state index contributed by atoms with van der Waals surface area (Å²) in [6, 6.07) is 26.7. The van der Waals surface area contributed by atoms with E-state index in [9.17, 15) is 19.5 Å². The Morgan fingerprint density at radius 3 is 2.44 bits per heavy atom. The Hall–Kier alpha value is -5.30. The van der Waals surface area contributed by atoms with Gasteiger partial charge in [0.1, 0.15) is 6.10 Å². The summed E-state index contributed by atoms with van der Waals surface area (Å²) in [6.45, 7) is 5.06. The fourth-order valence-corrected chi connectivity index (χ4v) is 6.82. The van der Waals surface area contributed by atoms with Crippen LogP contribution < -0.4 is 21.1 Å². The van der Waals surface area contributed by atoms with E-state index in [1.165, 1.54) is 11.3 Å². The van der Waals surface area contributed by atoms with E-state index in [0.29, 0.717) is 52.8 Å². The highest BCUT2D eigenvalue weighted by Gasteiger charge is 2.35. The number of amides is 3. The zero-order valence-corrected chi connectivity index (χ0v) is 28.9. The molecule has 3 atom stereocenters. The highest BCUT2D eigenvalue weighted by atomic mass is 32.1. The first-order chi connectivity index (χ1) is 24.1. The quantitative estimate of drug-likeness (QED) is 0.136. The average Bonchev–Trinajstić information content (AvgIpc) is 3.56. The summed E-state index contributed by atoms with van der Waals surface area (Å²) in [5.74, 6) is -0.783. The molecule has 0 saturated carbocycles. The SMILES string of the molecule is C[C@H](CO)N1C[C@H](C)[C@H](CN(C)Cc2ccc(C(=O)Nc3ccccc3N)cc2)Oc2c(NC(=O)c3nc4ccccc4s3)cccc2C1=O. The minimum absolute atomic E-state index is 0.131. The van der Waals surface area contributed by atoms with Crippen LogP contribution in [0.4, 0.5) is 17.1 Å². The van der Waals surface area contributed by atoms with Crippen LogP contribution in [0, 0.1) is 5.92 Å². The molecule has 1 aliphatic rings. The van der Waals surface area contributed by atoms with Crippen LogP contribution in [0.25, 0.3) is 10.2 Å². The first-order valence-corrected chi connectivity index (χ1v) is 17.2. The van der Waals surface area contributed by atoms with Crippen molar-refractivity contribution in [3.05, 3.63) is 113 Å². The maximum Gasteiger partial charge on any atom is 0.284 e. The van der Waals surface area contributed by atoms with Gasteiger partial charge in [0.2, 0.25) is 0 Å². The molecule has 0 aliphatic carbocycles. The number of nitrogen functional groups attached to an aromatic ring is 1. The summed E-state index contributed by atoms with van der Waals surface area (Å²) in [4.78, 5) is 48.4. The van der Waals surface area contributed by atoms with Gasteiger partial charge in [0, 0.05) is 31.1 Å². The number of aliphatic hydroxyl groups is 1.